The molecule has 4 rings (SSSR count). The predicted molar refractivity (Wildman–Crippen MR) is 97.6 cm³/mol. The number of nitrogens with zero attached hydrogens (tertiary/aromatic N) is 3. The molecule has 1 aliphatic carbocycles. The van der Waals surface area contributed by atoms with Crippen LogP contribution < -0.4 is 0 Å². The summed E-state index contributed by atoms with van der Waals surface area (Å²) < 4.78 is 2.24. The molecule has 0 bridgehead atoms. The molecule has 1 radical (unpaired) electrons. The molecule has 2 heterocycles. The van der Waals surface area contributed by atoms with Gasteiger partial charge in [0.25, 0.3) is 0 Å². The van der Waals surface area contributed by atoms with E-state index in [2.05, 4.69) is 55.6 Å². The van der Waals surface area contributed by atoms with Crippen molar-refractivity contribution in [1.29, 1.82) is 0 Å². The summed E-state index contributed by atoms with van der Waals surface area (Å²) in [6, 6.07) is 10.5. The maximum atomic E-state index is 5.00. The van der Waals surface area contributed by atoms with E-state index in [-0.39, 0.29) is 25.5 Å². The van der Waals surface area contributed by atoms with E-state index in [1.165, 1.54) is 40.9 Å². The summed E-state index contributed by atoms with van der Waals surface area (Å²) in [5.41, 5.74) is 7.41. The van der Waals surface area contributed by atoms with E-state index in [0.29, 0.717) is 0 Å². The number of aromatic nitrogens is 3. The molecule has 4 heteroatoms. The standard InChI is InChI=1S/C21H23N3.Ir/c1-14-11-15(2)19(16(3)12-14)24-13-18(21(4)8-9-21)23-20(24)17-7-5-6-10-22-17;/h5-7,10-13H,8-9H2,1-4H3;. The largest absolute Gasteiger partial charge is 0.298 e. The van der Waals surface area contributed by atoms with Crippen LogP contribution in [0.4, 0.5) is 0 Å². The number of benzene rings is 1. The van der Waals surface area contributed by atoms with Crippen molar-refractivity contribution in [1.82, 2.24) is 14.5 Å². The van der Waals surface area contributed by atoms with Gasteiger partial charge >= 0.3 is 0 Å². The van der Waals surface area contributed by atoms with Gasteiger partial charge in [-0.25, -0.2) is 4.98 Å². The van der Waals surface area contributed by atoms with Gasteiger partial charge in [0, 0.05) is 37.9 Å². The Morgan fingerprint density at radius 1 is 1.04 bits per heavy atom. The van der Waals surface area contributed by atoms with Crippen LogP contribution in [-0.2, 0) is 25.5 Å². The van der Waals surface area contributed by atoms with Crippen molar-refractivity contribution in [3.05, 3.63) is 65.1 Å². The summed E-state index contributed by atoms with van der Waals surface area (Å²) in [7, 11) is 0. The van der Waals surface area contributed by atoms with Crippen LogP contribution in [0.5, 0.6) is 0 Å². The zero-order valence-electron chi connectivity index (χ0n) is 15.1. The van der Waals surface area contributed by atoms with Crippen LogP contribution in [0.15, 0.2) is 42.7 Å². The quantitative estimate of drug-likeness (QED) is 0.503. The van der Waals surface area contributed by atoms with Gasteiger partial charge < -0.3 is 0 Å². The molecule has 3 aromatic rings. The van der Waals surface area contributed by atoms with Gasteiger partial charge in [0.1, 0.15) is 5.69 Å². The normalized spacial score (nSPS) is 14.9. The molecule has 2 aromatic heterocycles. The van der Waals surface area contributed by atoms with Crippen molar-refractivity contribution in [2.45, 2.75) is 46.0 Å². The number of hydrogen-bond acceptors (Lipinski definition) is 2. The monoisotopic (exact) mass is 510 g/mol. The molecular formula is C21H23IrN3. The Labute approximate surface area is 162 Å². The number of pyridine rings is 1. The number of hydrogen-bond donors (Lipinski definition) is 0. The first-order valence-corrected chi connectivity index (χ1v) is 8.57. The Kier molecular flexibility index (Phi) is 4.70. The van der Waals surface area contributed by atoms with E-state index in [1.54, 1.807) is 0 Å². The zero-order valence-corrected chi connectivity index (χ0v) is 17.5. The molecule has 25 heavy (non-hydrogen) atoms. The van der Waals surface area contributed by atoms with E-state index in [0.717, 1.165) is 11.5 Å². The molecule has 0 saturated heterocycles. The third-order valence-electron chi connectivity index (χ3n) is 5.09. The molecule has 0 atom stereocenters. The molecule has 1 fully saturated rings. The Hall–Kier alpha value is -1.77. The van der Waals surface area contributed by atoms with Crippen molar-refractivity contribution < 1.29 is 20.1 Å². The van der Waals surface area contributed by atoms with Gasteiger partial charge in [-0.15, -0.1) is 0 Å². The van der Waals surface area contributed by atoms with Crippen LogP contribution >= 0.6 is 0 Å². The smallest absolute Gasteiger partial charge is 0.163 e. The minimum absolute atomic E-state index is 0. The minimum Gasteiger partial charge on any atom is -0.298 e. The molecule has 0 aliphatic heterocycles. The van der Waals surface area contributed by atoms with E-state index >= 15 is 0 Å². The van der Waals surface area contributed by atoms with Gasteiger partial charge in [0.2, 0.25) is 0 Å². The van der Waals surface area contributed by atoms with Gasteiger partial charge in [0.05, 0.1) is 11.4 Å². The third kappa shape index (κ3) is 3.21. The van der Waals surface area contributed by atoms with Crippen LogP contribution in [0.2, 0.25) is 0 Å². The fourth-order valence-electron chi connectivity index (χ4n) is 3.51. The first-order chi connectivity index (χ1) is 11.5. The van der Waals surface area contributed by atoms with Gasteiger partial charge in [-0.3, -0.25) is 9.55 Å². The van der Waals surface area contributed by atoms with E-state index in [9.17, 15) is 0 Å². The summed E-state index contributed by atoms with van der Waals surface area (Å²) in [4.78, 5) is 9.54. The zero-order chi connectivity index (χ0) is 16.9. The molecule has 1 aromatic carbocycles. The number of rotatable bonds is 3. The molecule has 1 saturated carbocycles. The molecule has 1 aliphatic rings. The van der Waals surface area contributed by atoms with Crippen LogP contribution in [-0.4, -0.2) is 14.5 Å². The fourth-order valence-corrected chi connectivity index (χ4v) is 3.51. The van der Waals surface area contributed by atoms with Gasteiger partial charge in [-0.1, -0.05) is 30.7 Å². The third-order valence-corrected chi connectivity index (χ3v) is 5.09. The van der Waals surface area contributed by atoms with Crippen molar-refractivity contribution in [2.75, 3.05) is 0 Å². The summed E-state index contributed by atoms with van der Waals surface area (Å²) in [5, 5.41) is 0. The Balaban J connectivity index is 0.00000182. The van der Waals surface area contributed by atoms with Gasteiger partial charge in [-0.2, -0.15) is 0 Å². The predicted octanol–water partition coefficient (Wildman–Crippen LogP) is 4.91. The second kappa shape index (κ2) is 6.51. The summed E-state index contributed by atoms with van der Waals surface area (Å²) in [6.07, 6.45) is 6.50. The average molecular weight is 510 g/mol. The first-order valence-electron chi connectivity index (χ1n) is 8.57. The first kappa shape index (κ1) is 18.0. The topological polar surface area (TPSA) is 30.7 Å². The summed E-state index contributed by atoms with van der Waals surface area (Å²) in [6.45, 7) is 8.80. The van der Waals surface area contributed by atoms with Crippen molar-refractivity contribution in [3.63, 3.8) is 0 Å². The van der Waals surface area contributed by atoms with Crippen LogP contribution in [0.3, 0.4) is 0 Å². The number of imidazole rings is 1. The molecule has 3 nitrogen and oxygen atoms in total. The van der Waals surface area contributed by atoms with Gasteiger partial charge in [0.15, 0.2) is 5.82 Å². The molecular weight excluding hydrogens is 486 g/mol. The Morgan fingerprint density at radius 2 is 1.72 bits per heavy atom. The fraction of sp³-hybridized carbons (Fsp3) is 0.333. The maximum absolute atomic E-state index is 5.00. The van der Waals surface area contributed by atoms with Crippen LogP contribution in [0, 0.1) is 20.8 Å². The van der Waals surface area contributed by atoms with E-state index in [4.69, 9.17) is 4.98 Å². The second-order valence-electron chi connectivity index (χ2n) is 7.34. The minimum atomic E-state index is 0. The average Bonchev–Trinajstić information content (AvgIpc) is 3.14. The van der Waals surface area contributed by atoms with Crippen molar-refractivity contribution in [2.24, 2.45) is 0 Å². The maximum Gasteiger partial charge on any atom is 0.163 e. The molecule has 0 N–H and O–H groups in total. The molecule has 0 unspecified atom stereocenters. The molecule has 131 valence electrons. The Morgan fingerprint density at radius 3 is 2.28 bits per heavy atom. The molecule has 0 spiro atoms. The van der Waals surface area contributed by atoms with E-state index < -0.39 is 0 Å². The van der Waals surface area contributed by atoms with Crippen molar-refractivity contribution >= 4 is 0 Å². The van der Waals surface area contributed by atoms with E-state index in [1.807, 2.05) is 24.4 Å². The SMILES string of the molecule is Cc1cc(C)c(-n2cc(C3(C)CC3)nc2-c2ccccn2)c(C)c1.[Ir]. The summed E-state index contributed by atoms with van der Waals surface area (Å²) in [5.74, 6) is 0.939. The summed E-state index contributed by atoms with van der Waals surface area (Å²) >= 11 is 0. The molecule has 0 amide bonds. The van der Waals surface area contributed by atoms with Crippen LogP contribution in [0.1, 0.15) is 42.1 Å². The van der Waals surface area contributed by atoms with Gasteiger partial charge in [-0.05, 0) is 56.9 Å². The van der Waals surface area contributed by atoms with Crippen molar-refractivity contribution in [3.8, 4) is 17.2 Å². The Bertz CT molecular complexity index is 885. The number of aryl methyl sites for hydroxylation is 3. The van der Waals surface area contributed by atoms with Crippen LogP contribution in [0.25, 0.3) is 17.2 Å². The second-order valence-corrected chi connectivity index (χ2v) is 7.34.